The number of carbonyl (C=O) groups is 1. The molecule has 1 unspecified atom stereocenters. The molecule has 1 aliphatic rings. The highest BCUT2D eigenvalue weighted by Crippen LogP contribution is 2.22. The smallest absolute Gasteiger partial charge is 0.273 e. The maximum Gasteiger partial charge on any atom is 0.273 e. The van der Waals surface area contributed by atoms with Crippen LogP contribution >= 0.6 is 11.3 Å². The van der Waals surface area contributed by atoms with Crippen molar-refractivity contribution in [2.45, 2.75) is 51.6 Å². The van der Waals surface area contributed by atoms with Gasteiger partial charge in [0.25, 0.3) is 5.91 Å². The van der Waals surface area contributed by atoms with Crippen molar-refractivity contribution in [1.29, 1.82) is 0 Å². The van der Waals surface area contributed by atoms with Crippen LogP contribution in [0.5, 0.6) is 0 Å². The highest BCUT2D eigenvalue weighted by atomic mass is 32.1. The third-order valence-electron chi connectivity index (χ3n) is 3.55. The van der Waals surface area contributed by atoms with Crippen LogP contribution in [0.1, 0.15) is 54.5 Å². The zero-order chi connectivity index (χ0) is 13.0. The predicted octanol–water partition coefficient (Wildman–Crippen LogP) is 2.40. The van der Waals surface area contributed by atoms with Crippen molar-refractivity contribution in [3.8, 4) is 0 Å². The second kappa shape index (κ2) is 6.29. The van der Waals surface area contributed by atoms with Gasteiger partial charge in [0.05, 0.1) is 0 Å². The molecule has 2 heterocycles. The largest absolute Gasteiger partial charge is 0.334 e. The van der Waals surface area contributed by atoms with Crippen molar-refractivity contribution in [2.75, 3.05) is 6.54 Å². The van der Waals surface area contributed by atoms with E-state index in [1.807, 2.05) is 10.3 Å². The molecule has 0 saturated carbocycles. The number of rotatable bonds is 3. The minimum absolute atomic E-state index is 0.0831. The summed E-state index contributed by atoms with van der Waals surface area (Å²) in [5.74, 6) is 0.0831. The average Bonchev–Trinajstić information content (AvgIpc) is 2.75. The van der Waals surface area contributed by atoms with Crippen molar-refractivity contribution in [3.05, 3.63) is 16.1 Å². The Balaban J connectivity index is 2.14. The topological polar surface area (TPSA) is 59.2 Å². The molecule has 0 aromatic carbocycles. The molecule has 1 fully saturated rings. The highest BCUT2D eigenvalue weighted by molar-refractivity contribution is 7.09. The lowest BCUT2D eigenvalue weighted by molar-refractivity contribution is 0.0673. The van der Waals surface area contributed by atoms with Gasteiger partial charge in [-0.3, -0.25) is 4.79 Å². The summed E-state index contributed by atoms with van der Waals surface area (Å²) in [5.41, 5.74) is 6.11. The van der Waals surface area contributed by atoms with E-state index in [0.717, 1.165) is 30.8 Å². The molecule has 1 aromatic heterocycles. The third kappa shape index (κ3) is 2.90. The van der Waals surface area contributed by atoms with Crippen molar-refractivity contribution >= 4 is 17.2 Å². The molecule has 0 spiro atoms. The molecule has 1 saturated heterocycles. The van der Waals surface area contributed by atoms with Gasteiger partial charge in [-0.2, -0.15) is 0 Å². The number of amides is 1. The Morgan fingerprint density at radius 3 is 3.06 bits per heavy atom. The molecule has 0 bridgehead atoms. The number of hydrogen-bond acceptors (Lipinski definition) is 4. The van der Waals surface area contributed by atoms with Crippen LogP contribution in [0.2, 0.25) is 0 Å². The van der Waals surface area contributed by atoms with Crippen molar-refractivity contribution in [2.24, 2.45) is 5.73 Å². The predicted molar refractivity (Wildman–Crippen MR) is 73.6 cm³/mol. The number of likely N-dealkylation sites (tertiary alicyclic amines) is 1. The summed E-state index contributed by atoms with van der Waals surface area (Å²) in [7, 11) is 0. The summed E-state index contributed by atoms with van der Waals surface area (Å²) in [6, 6.07) is 0.378. The number of aromatic nitrogens is 1. The summed E-state index contributed by atoms with van der Waals surface area (Å²) in [5, 5.41) is 2.67. The lowest BCUT2D eigenvalue weighted by Gasteiger charge is -2.28. The first-order chi connectivity index (χ1) is 8.76. The van der Waals surface area contributed by atoms with Gasteiger partial charge in [0.1, 0.15) is 10.7 Å². The van der Waals surface area contributed by atoms with Gasteiger partial charge in [-0.1, -0.05) is 19.8 Å². The molecule has 1 aliphatic heterocycles. The Morgan fingerprint density at radius 1 is 1.56 bits per heavy atom. The minimum Gasteiger partial charge on any atom is -0.334 e. The summed E-state index contributed by atoms with van der Waals surface area (Å²) in [6.07, 6.45) is 5.71. The van der Waals surface area contributed by atoms with E-state index in [4.69, 9.17) is 5.73 Å². The molecule has 2 N–H and O–H groups in total. The summed E-state index contributed by atoms with van der Waals surface area (Å²) < 4.78 is 0. The van der Waals surface area contributed by atoms with Gasteiger partial charge >= 0.3 is 0 Å². The number of thiazole rings is 1. The second-order valence-electron chi connectivity index (χ2n) is 4.74. The summed E-state index contributed by atoms with van der Waals surface area (Å²) in [6.45, 7) is 3.44. The van der Waals surface area contributed by atoms with Crippen molar-refractivity contribution < 1.29 is 4.79 Å². The summed E-state index contributed by atoms with van der Waals surface area (Å²) in [4.78, 5) is 18.8. The van der Waals surface area contributed by atoms with Crippen molar-refractivity contribution in [3.63, 3.8) is 0 Å². The molecule has 4 nitrogen and oxygen atoms in total. The van der Waals surface area contributed by atoms with Crippen LogP contribution in [-0.2, 0) is 6.54 Å². The molecule has 0 aliphatic carbocycles. The molecule has 5 heteroatoms. The van der Waals surface area contributed by atoms with E-state index in [2.05, 4.69) is 11.9 Å². The van der Waals surface area contributed by atoms with E-state index < -0.39 is 0 Å². The van der Waals surface area contributed by atoms with Gasteiger partial charge in [0.2, 0.25) is 0 Å². The molecule has 1 atom stereocenters. The van der Waals surface area contributed by atoms with Crippen LogP contribution in [0.25, 0.3) is 0 Å². The Bertz CT molecular complexity index is 405. The van der Waals surface area contributed by atoms with Crippen LogP contribution in [0, 0.1) is 0 Å². The third-order valence-corrected chi connectivity index (χ3v) is 4.43. The van der Waals surface area contributed by atoms with E-state index in [1.165, 1.54) is 24.2 Å². The van der Waals surface area contributed by atoms with Gasteiger partial charge < -0.3 is 10.6 Å². The molecular formula is C13H21N3OS. The van der Waals surface area contributed by atoms with Crippen LogP contribution < -0.4 is 5.73 Å². The van der Waals surface area contributed by atoms with Gasteiger partial charge in [0.15, 0.2) is 0 Å². The summed E-state index contributed by atoms with van der Waals surface area (Å²) >= 11 is 1.47. The van der Waals surface area contributed by atoms with E-state index in [0.29, 0.717) is 18.3 Å². The van der Waals surface area contributed by atoms with Crippen LogP contribution in [0.4, 0.5) is 0 Å². The molecule has 1 aromatic rings. The quantitative estimate of drug-likeness (QED) is 0.914. The lowest BCUT2D eigenvalue weighted by Crippen LogP contribution is -2.39. The van der Waals surface area contributed by atoms with E-state index in [9.17, 15) is 4.79 Å². The average molecular weight is 267 g/mol. The van der Waals surface area contributed by atoms with Gasteiger partial charge in [-0.05, 0) is 19.3 Å². The molecule has 2 rings (SSSR count). The monoisotopic (exact) mass is 267 g/mol. The Labute approximate surface area is 112 Å². The SMILES string of the molecule is CCC1CCCCCN1C(=O)c1csc(CN)n1. The number of hydrogen-bond donors (Lipinski definition) is 1. The van der Waals surface area contributed by atoms with Crippen LogP contribution in [0.15, 0.2) is 5.38 Å². The second-order valence-corrected chi connectivity index (χ2v) is 5.68. The first kappa shape index (κ1) is 13.5. The number of nitrogens with zero attached hydrogens (tertiary/aromatic N) is 2. The lowest BCUT2D eigenvalue weighted by atomic mass is 10.1. The molecule has 18 heavy (non-hydrogen) atoms. The minimum atomic E-state index is 0.0831. The Hall–Kier alpha value is -0.940. The van der Waals surface area contributed by atoms with Crippen molar-refractivity contribution in [1.82, 2.24) is 9.88 Å². The molecular weight excluding hydrogens is 246 g/mol. The number of nitrogens with two attached hydrogens (primary N) is 1. The first-order valence-electron chi connectivity index (χ1n) is 6.71. The Kier molecular flexibility index (Phi) is 4.72. The van der Waals surface area contributed by atoms with Crippen LogP contribution in [0.3, 0.4) is 0 Å². The van der Waals surface area contributed by atoms with Crippen LogP contribution in [-0.4, -0.2) is 28.4 Å². The fourth-order valence-corrected chi connectivity index (χ4v) is 3.17. The Morgan fingerprint density at radius 2 is 2.39 bits per heavy atom. The van der Waals surface area contributed by atoms with Gasteiger partial charge in [-0.15, -0.1) is 11.3 Å². The van der Waals surface area contributed by atoms with E-state index in [-0.39, 0.29) is 5.91 Å². The molecule has 0 radical (unpaired) electrons. The zero-order valence-electron chi connectivity index (χ0n) is 10.9. The fourth-order valence-electron chi connectivity index (χ4n) is 2.52. The standard InChI is InChI=1S/C13H21N3OS/c1-2-10-6-4-3-5-7-16(10)13(17)11-9-18-12(8-14)15-11/h9-10H,2-8,14H2,1H3. The fraction of sp³-hybridized carbons (Fsp3) is 0.692. The van der Waals surface area contributed by atoms with Gasteiger partial charge in [0, 0.05) is 24.5 Å². The molecule has 100 valence electrons. The zero-order valence-corrected chi connectivity index (χ0v) is 11.7. The maximum absolute atomic E-state index is 12.5. The van der Waals surface area contributed by atoms with E-state index >= 15 is 0 Å². The van der Waals surface area contributed by atoms with Gasteiger partial charge in [-0.25, -0.2) is 4.98 Å². The normalized spacial score (nSPS) is 20.8. The molecule has 1 amide bonds. The number of carbonyl (C=O) groups excluding carboxylic acids is 1. The first-order valence-corrected chi connectivity index (χ1v) is 7.59. The van der Waals surface area contributed by atoms with E-state index in [1.54, 1.807) is 0 Å². The highest BCUT2D eigenvalue weighted by Gasteiger charge is 2.26. The maximum atomic E-state index is 12.5.